The number of carboxylic acid groups (broad SMARTS) is 1. The van der Waals surface area contributed by atoms with Crippen molar-refractivity contribution in [2.45, 2.75) is 43.2 Å². The maximum absolute atomic E-state index is 12.3. The minimum atomic E-state index is -1.89. The van der Waals surface area contributed by atoms with Gasteiger partial charge in [0.25, 0.3) is 0 Å². The summed E-state index contributed by atoms with van der Waals surface area (Å²) in [5.74, 6) is -1.75. The molecule has 4 rings (SSSR count). The summed E-state index contributed by atoms with van der Waals surface area (Å²) in [4.78, 5) is 24.9. The molecule has 2 amide bonds. The number of carboxylic acids is 1. The molecule has 0 aliphatic carbocycles. The molecule has 32 heavy (non-hydrogen) atoms. The molecule has 2 aromatic rings. The van der Waals surface area contributed by atoms with Crippen LogP contribution in [0.5, 0.6) is 0 Å². The summed E-state index contributed by atoms with van der Waals surface area (Å²) < 4.78 is 11.1. The van der Waals surface area contributed by atoms with Gasteiger partial charge in [-0.1, -0.05) is 36.4 Å². The Hall–Kier alpha value is -2.02. The van der Waals surface area contributed by atoms with E-state index >= 15 is 0 Å². The van der Waals surface area contributed by atoms with E-state index in [2.05, 4.69) is 0 Å². The van der Waals surface area contributed by atoms with E-state index in [1.807, 2.05) is 0 Å². The average molecular weight is 452 g/mol. The molecule has 2 aromatic carbocycles. The van der Waals surface area contributed by atoms with Gasteiger partial charge in [-0.25, -0.2) is 4.79 Å². The van der Waals surface area contributed by atoms with Crippen molar-refractivity contribution in [2.75, 3.05) is 4.90 Å². The van der Waals surface area contributed by atoms with Gasteiger partial charge in [0.2, 0.25) is 0 Å². The molecule has 5 N–H and O–H groups in total. The first-order chi connectivity index (χ1) is 14.8. The maximum Gasteiger partial charge on any atom is 1.00 e. The van der Waals surface area contributed by atoms with E-state index in [0.717, 1.165) is 0 Å². The van der Waals surface area contributed by atoms with Crippen LogP contribution in [0.1, 0.15) is 17.2 Å². The van der Waals surface area contributed by atoms with Crippen molar-refractivity contribution >= 4 is 23.4 Å². The van der Waals surface area contributed by atoms with E-state index in [1.165, 1.54) is 4.90 Å². The minimum Gasteiger partial charge on any atom is -0.547 e. The zero-order valence-electron chi connectivity index (χ0n) is 17.2. The molecule has 6 atom stereocenters. The molecule has 164 valence electrons. The third-order valence-electron chi connectivity index (χ3n) is 5.48. The Balaban J connectivity index is 0.00000289. The second-order valence-corrected chi connectivity index (χ2v) is 7.41. The number of aliphatic hydroxyl groups excluding tert-OH is 3. The normalized spacial score (nSPS) is 29.2. The van der Waals surface area contributed by atoms with Crippen LogP contribution in [-0.4, -0.2) is 58.0 Å². The van der Waals surface area contributed by atoms with Crippen molar-refractivity contribution in [3.8, 4) is 0 Å². The number of benzene rings is 2. The van der Waals surface area contributed by atoms with E-state index in [1.54, 1.807) is 48.5 Å². The second-order valence-electron chi connectivity index (χ2n) is 7.41. The zero-order chi connectivity index (χ0) is 22.3. The molecule has 1 fully saturated rings. The van der Waals surface area contributed by atoms with Gasteiger partial charge in [-0.2, -0.15) is 0 Å². The van der Waals surface area contributed by atoms with Crippen molar-refractivity contribution < 1.29 is 69.0 Å². The second kappa shape index (κ2) is 9.86. The molecule has 2 heterocycles. The van der Waals surface area contributed by atoms with Gasteiger partial charge in [-0.3, -0.25) is 4.90 Å². The number of nitrogens with two attached hydrogens (primary N) is 1. The smallest absolute Gasteiger partial charge is 0.547 e. The molecule has 2 aliphatic rings. The Labute approximate surface area is 205 Å². The van der Waals surface area contributed by atoms with Crippen molar-refractivity contribution in [3.63, 3.8) is 0 Å². The monoisotopic (exact) mass is 452 g/mol. The van der Waals surface area contributed by atoms with Gasteiger partial charge in [0.1, 0.15) is 24.4 Å². The van der Waals surface area contributed by atoms with E-state index in [-0.39, 0.29) is 36.0 Å². The Morgan fingerprint density at radius 1 is 1.00 bits per heavy atom. The van der Waals surface area contributed by atoms with Crippen LogP contribution in [0.4, 0.5) is 16.2 Å². The van der Waals surface area contributed by atoms with Crippen LogP contribution >= 0.6 is 0 Å². The summed E-state index contributed by atoms with van der Waals surface area (Å²) in [5.41, 5.74) is 7.91. The number of nitrogens with zero attached hydrogens (tertiary/aromatic N) is 1. The van der Waals surface area contributed by atoms with Crippen LogP contribution in [0.3, 0.4) is 0 Å². The van der Waals surface area contributed by atoms with Crippen molar-refractivity contribution in [2.24, 2.45) is 5.73 Å². The molecule has 2 aliphatic heterocycles. The topological polar surface area (TPSA) is 166 Å². The third-order valence-corrected chi connectivity index (χ3v) is 5.48. The molecule has 0 saturated carbocycles. The summed E-state index contributed by atoms with van der Waals surface area (Å²) >= 11 is 0. The number of hydrogen-bond acceptors (Lipinski definition) is 8. The van der Waals surface area contributed by atoms with Crippen molar-refractivity contribution in [3.05, 3.63) is 59.7 Å². The van der Waals surface area contributed by atoms with E-state index in [0.29, 0.717) is 22.5 Å². The Morgan fingerprint density at radius 2 is 1.62 bits per heavy atom. The van der Waals surface area contributed by atoms with Gasteiger partial charge < -0.3 is 40.4 Å². The number of hydrogen-bond donors (Lipinski definition) is 4. The number of primary amides is 1. The number of rotatable bonds is 3. The first-order valence-corrected chi connectivity index (χ1v) is 9.62. The first-order valence-electron chi connectivity index (χ1n) is 9.62. The van der Waals surface area contributed by atoms with E-state index < -0.39 is 48.8 Å². The molecular weight excluding hydrogens is 431 g/mol. The van der Waals surface area contributed by atoms with Crippen LogP contribution in [0.2, 0.25) is 0 Å². The van der Waals surface area contributed by atoms with Gasteiger partial charge in [0.15, 0.2) is 6.29 Å². The summed E-state index contributed by atoms with van der Waals surface area (Å²) in [5, 5.41) is 41.6. The summed E-state index contributed by atoms with van der Waals surface area (Å²) in [6.07, 6.45) is -9.46. The van der Waals surface area contributed by atoms with Crippen LogP contribution < -0.4 is 45.3 Å². The first kappa shape index (κ1) is 24.6. The number of fused-ring (bicyclic) bond motifs is 2. The van der Waals surface area contributed by atoms with Gasteiger partial charge >= 0.3 is 35.6 Å². The fraction of sp³-hybridized carbons (Fsp3) is 0.333. The predicted octanol–water partition coefficient (Wildman–Crippen LogP) is -3.92. The SMILES string of the molecule is NC(=O)N1c2ccccc2CC(OC2OC(C(=O)[O-])C(O)C(O)C2O)c2ccccc21.[Na+]. The van der Waals surface area contributed by atoms with Crippen molar-refractivity contribution in [1.29, 1.82) is 0 Å². The Bertz CT molecular complexity index is 1010. The number of aliphatic carboxylic acids is 1. The molecule has 0 bridgehead atoms. The molecule has 11 heteroatoms. The van der Waals surface area contributed by atoms with Crippen LogP contribution in [0.25, 0.3) is 0 Å². The van der Waals surface area contributed by atoms with Gasteiger partial charge in [0.05, 0.1) is 23.4 Å². The van der Waals surface area contributed by atoms with Gasteiger partial charge in [0, 0.05) is 12.0 Å². The number of carbonyl (C=O) groups excluding carboxylic acids is 2. The molecule has 10 nitrogen and oxygen atoms in total. The van der Waals surface area contributed by atoms with Crippen LogP contribution in [0.15, 0.2) is 48.5 Å². The summed E-state index contributed by atoms with van der Waals surface area (Å²) in [6, 6.07) is 13.2. The number of carbonyl (C=O) groups is 2. The standard InChI is InChI=1S/C21H22N2O8.Na/c22-21(29)23-12-7-3-1-5-10(12)9-14(11-6-2-4-8-13(11)23)30-20-17(26)15(24)16(25)18(31-20)19(27)28;/h1-8,14-18,20,24-26H,9H2,(H2,22,29)(H,27,28);/q;+1/p-1. The number of amides is 2. The molecule has 6 unspecified atom stereocenters. The van der Waals surface area contributed by atoms with Gasteiger partial charge in [-0.15, -0.1) is 0 Å². The fourth-order valence-electron chi connectivity index (χ4n) is 3.98. The minimum absolute atomic E-state index is 0. The Kier molecular flexibility index (Phi) is 7.58. The summed E-state index contributed by atoms with van der Waals surface area (Å²) in [7, 11) is 0. The number of ether oxygens (including phenoxy) is 2. The predicted molar refractivity (Wildman–Crippen MR) is 104 cm³/mol. The summed E-state index contributed by atoms with van der Waals surface area (Å²) in [6.45, 7) is 0. The molecule has 1 saturated heterocycles. The van der Waals surface area contributed by atoms with Crippen molar-refractivity contribution in [1.82, 2.24) is 0 Å². The van der Waals surface area contributed by atoms with Gasteiger partial charge in [-0.05, 0) is 17.7 Å². The quantitative estimate of drug-likeness (QED) is 0.343. The molecule has 0 radical (unpaired) electrons. The maximum atomic E-state index is 12.3. The van der Waals surface area contributed by atoms with Crippen LogP contribution in [0, 0.1) is 0 Å². The number of urea groups is 1. The number of aliphatic hydroxyl groups is 3. The third kappa shape index (κ3) is 4.41. The molecular formula is C21H21N2NaO8. The van der Waals surface area contributed by atoms with E-state index in [4.69, 9.17) is 15.2 Å². The van der Waals surface area contributed by atoms with Crippen LogP contribution in [-0.2, 0) is 20.7 Å². The number of para-hydroxylation sites is 2. The zero-order valence-corrected chi connectivity index (χ0v) is 19.2. The number of anilines is 2. The largest absolute Gasteiger partial charge is 1.00 e. The Morgan fingerprint density at radius 3 is 2.28 bits per heavy atom. The molecule has 0 aromatic heterocycles. The molecule has 0 spiro atoms. The average Bonchev–Trinajstić information content (AvgIpc) is 2.88. The van der Waals surface area contributed by atoms with E-state index in [9.17, 15) is 30.0 Å². The fourth-order valence-corrected chi connectivity index (χ4v) is 3.98.